The predicted octanol–water partition coefficient (Wildman–Crippen LogP) is 2.19. The molecule has 0 spiro atoms. The maximum atomic E-state index is 12.1. The third-order valence-electron chi connectivity index (χ3n) is 2.25. The summed E-state index contributed by atoms with van der Waals surface area (Å²) in [5.41, 5.74) is 6.41. The molecule has 0 unspecified atom stereocenters. The van der Waals surface area contributed by atoms with E-state index in [0.717, 1.165) is 6.42 Å². The summed E-state index contributed by atoms with van der Waals surface area (Å²) in [6.45, 7) is 5.31. The molecule has 0 aliphatic carbocycles. The number of pyridine rings is 1. The van der Waals surface area contributed by atoms with Gasteiger partial charge in [0.2, 0.25) is 0 Å². The number of nitrogen functional groups attached to an aromatic ring is 1. The molecular formula is C11H16ClN3O. The monoisotopic (exact) mass is 241 g/mol. The zero-order valence-electron chi connectivity index (χ0n) is 9.53. The smallest absolute Gasteiger partial charge is 0.257 e. The van der Waals surface area contributed by atoms with Crippen LogP contribution in [0.4, 0.5) is 5.69 Å². The van der Waals surface area contributed by atoms with Crippen molar-refractivity contribution in [1.82, 2.24) is 9.88 Å². The lowest BCUT2D eigenvalue weighted by molar-refractivity contribution is 0.0764. The molecule has 0 aliphatic heterocycles. The Kier molecular flexibility index (Phi) is 4.55. The highest BCUT2D eigenvalue weighted by atomic mass is 35.5. The zero-order valence-corrected chi connectivity index (χ0v) is 10.3. The lowest BCUT2D eigenvalue weighted by Crippen LogP contribution is -2.31. The lowest BCUT2D eigenvalue weighted by atomic mass is 10.2. The quantitative estimate of drug-likeness (QED) is 0.822. The summed E-state index contributed by atoms with van der Waals surface area (Å²) in [5, 5.41) is 0.203. The van der Waals surface area contributed by atoms with Gasteiger partial charge in [0.1, 0.15) is 5.15 Å². The molecule has 0 aromatic carbocycles. The van der Waals surface area contributed by atoms with Crippen molar-refractivity contribution in [2.75, 3.05) is 18.8 Å². The molecule has 1 aromatic heterocycles. The van der Waals surface area contributed by atoms with Crippen molar-refractivity contribution >= 4 is 23.2 Å². The first kappa shape index (κ1) is 12.8. The normalized spacial score (nSPS) is 10.2. The highest BCUT2D eigenvalue weighted by molar-refractivity contribution is 6.32. The van der Waals surface area contributed by atoms with Crippen LogP contribution in [0.2, 0.25) is 5.15 Å². The molecule has 0 atom stereocenters. The molecule has 1 heterocycles. The Morgan fingerprint density at radius 2 is 2.25 bits per heavy atom. The van der Waals surface area contributed by atoms with Crippen LogP contribution in [-0.4, -0.2) is 28.9 Å². The van der Waals surface area contributed by atoms with Gasteiger partial charge in [0.15, 0.2) is 0 Å². The number of rotatable bonds is 4. The number of amides is 1. The standard InChI is InChI=1S/C11H16ClN3O/c1-3-5-15(4-2)11(16)9-6-8(13)7-14-10(9)12/h6-7H,3-5,13H2,1-2H3. The van der Waals surface area contributed by atoms with Crippen LogP contribution in [0.25, 0.3) is 0 Å². The molecule has 88 valence electrons. The van der Waals surface area contributed by atoms with Crippen LogP contribution in [0.1, 0.15) is 30.6 Å². The van der Waals surface area contributed by atoms with E-state index in [1.165, 1.54) is 6.20 Å². The Bertz CT molecular complexity index is 381. The van der Waals surface area contributed by atoms with Crippen molar-refractivity contribution in [3.8, 4) is 0 Å². The van der Waals surface area contributed by atoms with Crippen molar-refractivity contribution in [1.29, 1.82) is 0 Å². The number of hydrogen-bond acceptors (Lipinski definition) is 3. The molecule has 1 amide bonds. The van der Waals surface area contributed by atoms with E-state index in [1.54, 1.807) is 11.0 Å². The third-order valence-corrected chi connectivity index (χ3v) is 2.55. The van der Waals surface area contributed by atoms with Gasteiger partial charge >= 0.3 is 0 Å². The Hall–Kier alpha value is -1.29. The highest BCUT2D eigenvalue weighted by Gasteiger charge is 2.17. The number of nitrogens with zero attached hydrogens (tertiary/aromatic N) is 2. The predicted molar refractivity (Wildman–Crippen MR) is 65.5 cm³/mol. The fourth-order valence-electron chi connectivity index (χ4n) is 1.46. The van der Waals surface area contributed by atoms with E-state index in [0.29, 0.717) is 24.3 Å². The molecule has 0 saturated carbocycles. The summed E-state index contributed by atoms with van der Waals surface area (Å²) in [6, 6.07) is 1.57. The number of carbonyl (C=O) groups excluding carboxylic acids is 1. The lowest BCUT2D eigenvalue weighted by Gasteiger charge is -2.20. The van der Waals surface area contributed by atoms with E-state index < -0.39 is 0 Å². The average molecular weight is 242 g/mol. The minimum Gasteiger partial charge on any atom is -0.397 e. The Morgan fingerprint density at radius 3 is 2.81 bits per heavy atom. The molecule has 2 N–H and O–H groups in total. The van der Waals surface area contributed by atoms with Gasteiger partial charge in [-0.05, 0) is 19.4 Å². The molecule has 0 aliphatic rings. The van der Waals surface area contributed by atoms with Crippen molar-refractivity contribution in [3.05, 3.63) is 23.0 Å². The summed E-state index contributed by atoms with van der Waals surface area (Å²) < 4.78 is 0. The molecule has 0 radical (unpaired) electrons. The van der Waals surface area contributed by atoms with E-state index >= 15 is 0 Å². The fourth-order valence-corrected chi connectivity index (χ4v) is 1.64. The van der Waals surface area contributed by atoms with Gasteiger partial charge in [0, 0.05) is 13.1 Å². The summed E-state index contributed by atoms with van der Waals surface area (Å²) in [5.74, 6) is -0.117. The van der Waals surface area contributed by atoms with E-state index in [2.05, 4.69) is 4.98 Å². The van der Waals surface area contributed by atoms with E-state index in [1.807, 2.05) is 13.8 Å². The van der Waals surface area contributed by atoms with Crippen LogP contribution >= 0.6 is 11.6 Å². The van der Waals surface area contributed by atoms with Crippen LogP contribution in [0.3, 0.4) is 0 Å². The number of hydrogen-bond donors (Lipinski definition) is 1. The van der Waals surface area contributed by atoms with E-state index in [4.69, 9.17) is 17.3 Å². The maximum absolute atomic E-state index is 12.1. The minimum absolute atomic E-state index is 0.117. The van der Waals surface area contributed by atoms with Crippen LogP contribution in [0.5, 0.6) is 0 Å². The van der Waals surface area contributed by atoms with Gasteiger partial charge < -0.3 is 10.6 Å². The number of anilines is 1. The fraction of sp³-hybridized carbons (Fsp3) is 0.455. The Labute approximate surface area is 100 Å². The highest BCUT2D eigenvalue weighted by Crippen LogP contribution is 2.17. The summed E-state index contributed by atoms with van der Waals surface area (Å²) in [7, 11) is 0. The minimum atomic E-state index is -0.117. The summed E-state index contributed by atoms with van der Waals surface area (Å²) in [6.07, 6.45) is 2.35. The van der Waals surface area contributed by atoms with Gasteiger partial charge in [-0.15, -0.1) is 0 Å². The molecular weight excluding hydrogens is 226 g/mol. The van der Waals surface area contributed by atoms with Gasteiger partial charge in [-0.3, -0.25) is 4.79 Å². The first-order chi connectivity index (χ1) is 7.60. The summed E-state index contributed by atoms with van der Waals surface area (Å²) >= 11 is 5.88. The second-order valence-corrected chi connectivity index (χ2v) is 3.85. The SMILES string of the molecule is CCCN(CC)C(=O)c1cc(N)cnc1Cl. The van der Waals surface area contributed by atoms with Gasteiger partial charge in [-0.1, -0.05) is 18.5 Å². The average Bonchev–Trinajstić information content (AvgIpc) is 2.28. The molecule has 4 nitrogen and oxygen atoms in total. The Balaban J connectivity index is 2.98. The first-order valence-corrected chi connectivity index (χ1v) is 5.68. The van der Waals surface area contributed by atoms with Crippen molar-refractivity contribution < 1.29 is 4.79 Å². The second kappa shape index (κ2) is 5.70. The van der Waals surface area contributed by atoms with Crippen molar-refractivity contribution in [2.45, 2.75) is 20.3 Å². The number of carbonyl (C=O) groups is 1. The van der Waals surface area contributed by atoms with Gasteiger partial charge in [-0.25, -0.2) is 4.98 Å². The number of aromatic nitrogens is 1. The van der Waals surface area contributed by atoms with Crippen molar-refractivity contribution in [2.24, 2.45) is 0 Å². The first-order valence-electron chi connectivity index (χ1n) is 5.30. The van der Waals surface area contributed by atoms with Crippen molar-refractivity contribution in [3.63, 3.8) is 0 Å². The zero-order chi connectivity index (χ0) is 12.1. The van der Waals surface area contributed by atoms with Crippen LogP contribution in [0, 0.1) is 0 Å². The molecule has 16 heavy (non-hydrogen) atoms. The number of halogens is 1. The topological polar surface area (TPSA) is 59.2 Å². The molecule has 0 saturated heterocycles. The molecule has 0 bridgehead atoms. The van der Waals surface area contributed by atoms with Crippen LogP contribution in [0.15, 0.2) is 12.3 Å². The van der Waals surface area contributed by atoms with Gasteiger partial charge in [-0.2, -0.15) is 0 Å². The largest absolute Gasteiger partial charge is 0.397 e. The van der Waals surface area contributed by atoms with Crippen LogP contribution in [-0.2, 0) is 0 Å². The third kappa shape index (κ3) is 2.85. The molecule has 1 aromatic rings. The van der Waals surface area contributed by atoms with Gasteiger partial charge in [0.25, 0.3) is 5.91 Å². The molecule has 1 rings (SSSR count). The maximum Gasteiger partial charge on any atom is 0.257 e. The Morgan fingerprint density at radius 1 is 1.56 bits per heavy atom. The number of nitrogens with two attached hydrogens (primary N) is 1. The van der Waals surface area contributed by atoms with E-state index in [9.17, 15) is 4.79 Å². The summed E-state index contributed by atoms with van der Waals surface area (Å²) in [4.78, 5) is 17.7. The molecule has 0 fully saturated rings. The van der Waals surface area contributed by atoms with Crippen LogP contribution < -0.4 is 5.73 Å². The molecule has 5 heteroatoms. The second-order valence-electron chi connectivity index (χ2n) is 3.49. The van der Waals surface area contributed by atoms with E-state index in [-0.39, 0.29) is 11.1 Å². The van der Waals surface area contributed by atoms with Gasteiger partial charge in [0.05, 0.1) is 17.4 Å².